The van der Waals surface area contributed by atoms with Crippen molar-refractivity contribution in [2.24, 2.45) is 5.92 Å². The third-order valence-electron chi connectivity index (χ3n) is 2.06. The third-order valence-corrected chi connectivity index (χ3v) is 3.04. The van der Waals surface area contributed by atoms with Gasteiger partial charge in [0.2, 0.25) is 0 Å². The lowest BCUT2D eigenvalue weighted by Gasteiger charge is -2.22. The fourth-order valence-electron chi connectivity index (χ4n) is 1.43. The van der Waals surface area contributed by atoms with E-state index >= 15 is 0 Å². The predicted octanol–water partition coefficient (Wildman–Crippen LogP) is 3.24. The molecule has 0 fully saturated rings. The highest BCUT2D eigenvalue weighted by atomic mass is 79.9. The second-order valence-corrected chi connectivity index (χ2v) is 4.83. The van der Waals surface area contributed by atoms with Crippen molar-refractivity contribution in [2.45, 2.75) is 20.8 Å². The predicted molar refractivity (Wildman–Crippen MR) is 64.8 cm³/mol. The maximum absolute atomic E-state index is 4.37. The normalized spacial score (nSPS) is 10.7. The average molecular weight is 257 g/mol. The van der Waals surface area contributed by atoms with Gasteiger partial charge in [-0.2, -0.15) is 0 Å². The fourth-order valence-corrected chi connectivity index (χ4v) is 1.96. The molecule has 1 rings (SSSR count). The standard InChI is InChI=1S/C11H17BrN2/c1-8(2)7-14(4)11-10(12)9(3)5-6-13-11/h5-6,8H,7H2,1-4H3. The molecule has 3 heteroatoms. The highest BCUT2D eigenvalue weighted by Crippen LogP contribution is 2.26. The zero-order valence-electron chi connectivity index (χ0n) is 9.21. The van der Waals surface area contributed by atoms with Crippen LogP contribution >= 0.6 is 15.9 Å². The van der Waals surface area contributed by atoms with Crippen LogP contribution in [0.3, 0.4) is 0 Å². The van der Waals surface area contributed by atoms with Gasteiger partial charge < -0.3 is 4.90 Å². The molecule has 1 aromatic rings. The zero-order valence-corrected chi connectivity index (χ0v) is 10.8. The summed E-state index contributed by atoms with van der Waals surface area (Å²) >= 11 is 3.57. The van der Waals surface area contributed by atoms with Crippen LogP contribution in [0.4, 0.5) is 5.82 Å². The van der Waals surface area contributed by atoms with Crippen LogP contribution in [0.25, 0.3) is 0 Å². The van der Waals surface area contributed by atoms with Crippen molar-refractivity contribution in [3.63, 3.8) is 0 Å². The van der Waals surface area contributed by atoms with Crippen molar-refractivity contribution in [1.29, 1.82) is 0 Å². The van der Waals surface area contributed by atoms with Crippen LogP contribution in [0.15, 0.2) is 16.7 Å². The van der Waals surface area contributed by atoms with E-state index in [4.69, 9.17) is 0 Å². The van der Waals surface area contributed by atoms with Crippen LogP contribution in [0.1, 0.15) is 19.4 Å². The van der Waals surface area contributed by atoms with Crippen LogP contribution in [0, 0.1) is 12.8 Å². The van der Waals surface area contributed by atoms with Gasteiger partial charge >= 0.3 is 0 Å². The van der Waals surface area contributed by atoms with Gasteiger partial charge in [-0.15, -0.1) is 0 Å². The van der Waals surface area contributed by atoms with Crippen molar-refractivity contribution < 1.29 is 0 Å². The van der Waals surface area contributed by atoms with Gasteiger partial charge in [0.1, 0.15) is 5.82 Å². The lowest BCUT2D eigenvalue weighted by Crippen LogP contribution is -2.23. The number of halogens is 1. The van der Waals surface area contributed by atoms with Gasteiger partial charge in [-0.1, -0.05) is 13.8 Å². The molecule has 0 bridgehead atoms. The van der Waals surface area contributed by atoms with E-state index in [-0.39, 0.29) is 0 Å². The number of hydrogen-bond donors (Lipinski definition) is 0. The number of pyridine rings is 1. The summed E-state index contributed by atoms with van der Waals surface area (Å²) in [6, 6.07) is 2.01. The SMILES string of the molecule is Cc1ccnc(N(C)CC(C)C)c1Br. The monoisotopic (exact) mass is 256 g/mol. The molecule has 14 heavy (non-hydrogen) atoms. The highest BCUT2D eigenvalue weighted by Gasteiger charge is 2.09. The Morgan fingerprint density at radius 2 is 2.14 bits per heavy atom. The van der Waals surface area contributed by atoms with Crippen LogP contribution in [0.2, 0.25) is 0 Å². The summed E-state index contributed by atoms with van der Waals surface area (Å²) in [6.45, 7) is 7.52. The molecule has 0 N–H and O–H groups in total. The minimum atomic E-state index is 0.647. The van der Waals surface area contributed by atoms with Crippen molar-refractivity contribution in [3.05, 3.63) is 22.3 Å². The first-order chi connectivity index (χ1) is 6.52. The molecule has 0 aliphatic rings. The van der Waals surface area contributed by atoms with Gasteiger partial charge in [0, 0.05) is 19.8 Å². The Hall–Kier alpha value is -0.570. The van der Waals surface area contributed by atoms with E-state index in [1.54, 1.807) is 0 Å². The van der Waals surface area contributed by atoms with Gasteiger partial charge in [-0.05, 0) is 40.4 Å². The molecule has 0 spiro atoms. The molecule has 0 aliphatic carbocycles. The van der Waals surface area contributed by atoms with Crippen LogP contribution in [-0.4, -0.2) is 18.6 Å². The van der Waals surface area contributed by atoms with Crippen molar-refractivity contribution >= 4 is 21.7 Å². The molecule has 2 nitrogen and oxygen atoms in total. The topological polar surface area (TPSA) is 16.1 Å². The summed E-state index contributed by atoms with van der Waals surface area (Å²) in [6.07, 6.45) is 1.85. The lowest BCUT2D eigenvalue weighted by atomic mass is 10.2. The summed E-state index contributed by atoms with van der Waals surface area (Å²) in [7, 11) is 2.08. The Morgan fingerprint density at radius 1 is 1.50 bits per heavy atom. The molecule has 0 saturated carbocycles. The molecule has 0 saturated heterocycles. The van der Waals surface area contributed by atoms with Crippen molar-refractivity contribution in [1.82, 2.24) is 4.98 Å². The number of hydrogen-bond acceptors (Lipinski definition) is 2. The van der Waals surface area contributed by atoms with E-state index in [2.05, 4.69) is 53.6 Å². The summed E-state index contributed by atoms with van der Waals surface area (Å²) in [4.78, 5) is 6.55. The third kappa shape index (κ3) is 2.71. The molecular formula is C11H17BrN2. The van der Waals surface area contributed by atoms with E-state index in [0.29, 0.717) is 5.92 Å². The molecule has 0 aromatic carbocycles. The number of rotatable bonds is 3. The quantitative estimate of drug-likeness (QED) is 0.826. The molecule has 0 aliphatic heterocycles. The first kappa shape index (κ1) is 11.5. The molecule has 1 heterocycles. The largest absolute Gasteiger partial charge is 0.358 e. The summed E-state index contributed by atoms with van der Waals surface area (Å²) < 4.78 is 1.10. The van der Waals surface area contributed by atoms with Crippen LogP contribution < -0.4 is 4.90 Å². The molecule has 0 radical (unpaired) electrons. The molecule has 1 aromatic heterocycles. The molecule has 0 unspecified atom stereocenters. The first-order valence-corrected chi connectivity index (χ1v) is 5.64. The molecule has 0 amide bonds. The van der Waals surface area contributed by atoms with E-state index in [1.807, 2.05) is 12.3 Å². The Morgan fingerprint density at radius 3 is 2.71 bits per heavy atom. The van der Waals surface area contributed by atoms with Crippen molar-refractivity contribution in [3.8, 4) is 0 Å². The van der Waals surface area contributed by atoms with E-state index in [9.17, 15) is 0 Å². The van der Waals surface area contributed by atoms with Gasteiger partial charge in [0.15, 0.2) is 0 Å². The van der Waals surface area contributed by atoms with Crippen LogP contribution in [-0.2, 0) is 0 Å². The van der Waals surface area contributed by atoms with Gasteiger partial charge in [-0.3, -0.25) is 0 Å². The molecule has 78 valence electrons. The number of aromatic nitrogens is 1. The van der Waals surface area contributed by atoms with Gasteiger partial charge in [0.05, 0.1) is 4.47 Å². The zero-order chi connectivity index (χ0) is 10.7. The smallest absolute Gasteiger partial charge is 0.142 e. The Balaban J connectivity index is 2.89. The maximum atomic E-state index is 4.37. The first-order valence-electron chi connectivity index (χ1n) is 4.84. The number of aryl methyl sites for hydroxylation is 1. The van der Waals surface area contributed by atoms with Crippen LogP contribution in [0.5, 0.6) is 0 Å². The van der Waals surface area contributed by atoms with Crippen molar-refractivity contribution in [2.75, 3.05) is 18.5 Å². The Bertz CT molecular complexity index is 310. The second kappa shape index (κ2) is 4.78. The molecule has 0 atom stereocenters. The fraction of sp³-hybridized carbons (Fsp3) is 0.545. The van der Waals surface area contributed by atoms with E-state index in [0.717, 1.165) is 16.8 Å². The summed E-state index contributed by atoms with van der Waals surface area (Å²) in [5.74, 6) is 1.67. The minimum Gasteiger partial charge on any atom is -0.358 e. The molecular weight excluding hydrogens is 240 g/mol. The summed E-state index contributed by atoms with van der Waals surface area (Å²) in [5, 5.41) is 0. The van der Waals surface area contributed by atoms with Gasteiger partial charge in [0.25, 0.3) is 0 Å². The highest BCUT2D eigenvalue weighted by molar-refractivity contribution is 9.10. The number of nitrogens with zero attached hydrogens (tertiary/aromatic N) is 2. The second-order valence-electron chi connectivity index (χ2n) is 4.04. The van der Waals surface area contributed by atoms with Gasteiger partial charge in [-0.25, -0.2) is 4.98 Å². The maximum Gasteiger partial charge on any atom is 0.142 e. The van der Waals surface area contributed by atoms with E-state index < -0.39 is 0 Å². The Labute approximate surface area is 94.5 Å². The lowest BCUT2D eigenvalue weighted by molar-refractivity contribution is 0.634. The van der Waals surface area contributed by atoms with E-state index in [1.165, 1.54) is 5.56 Å². The minimum absolute atomic E-state index is 0.647. The summed E-state index contributed by atoms with van der Waals surface area (Å²) in [5.41, 5.74) is 1.23. The number of anilines is 1. The Kier molecular flexibility index (Phi) is 3.93. The average Bonchev–Trinajstić information content (AvgIpc) is 2.08.